The van der Waals surface area contributed by atoms with E-state index in [0.29, 0.717) is 5.56 Å². The second kappa shape index (κ2) is 7.44. The first kappa shape index (κ1) is 19.0. The number of benzene rings is 2. The summed E-state index contributed by atoms with van der Waals surface area (Å²) in [6.07, 6.45) is -0.432. The highest BCUT2D eigenvalue weighted by Gasteiger charge is 2.26. The SMILES string of the molecule is CC(C)OC(=O)c1nn(-c2cc(F)ccc2F)c(-c2ccc(F)cc2)c1Cl. The third-order valence-corrected chi connectivity index (χ3v) is 3.98. The maximum Gasteiger partial charge on any atom is 0.360 e. The fourth-order valence-corrected chi connectivity index (χ4v) is 2.78. The molecule has 0 amide bonds. The van der Waals surface area contributed by atoms with E-state index in [9.17, 15) is 18.0 Å². The molecule has 8 heteroatoms. The van der Waals surface area contributed by atoms with Gasteiger partial charge in [0.15, 0.2) is 5.69 Å². The van der Waals surface area contributed by atoms with Crippen LogP contribution in [0.3, 0.4) is 0 Å². The first-order chi connectivity index (χ1) is 12.8. The summed E-state index contributed by atoms with van der Waals surface area (Å²) in [6.45, 7) is 3.30. The van der Waals surface area contributed by atoms with Gasteiger partial charge in [0.2, 0.25) is 0 Å². The predicted molar refractivity (Wildman–Crippen MR) is 94.4 cm³/mol. The van der Waals surface area contributed by atoms with Crippen LogP contribution in [0.5, 0.6) is 0 Å². The molecule has 1 heterocycles. The molecule has 27 heavy (non-hydrogen) atoms. The van der Waals surface area contributed by atoms with Crippen molar-refractivity contribution in [3.05, 3.63) is 70.6 Å². The number of hydrogen-bond acceptors (Lipinski definition) is 3. The number of carbonyl (C=O) groups excluding carboxylic acids is 1. The zero-order chi connectivity index (χ0) is 19.7. The molecule has 0 bridgehead atoms. The van der Waals surface area contributed by atoms with Crippen molar-refractivity contribution in [1.29, 1.82) is 0 Å². The zero-order valence-corrected chi connectivity index (χ0v) is 15.1. The van der Waals surface area contributed by atoms with E-state index in [1.54, 1.807) is 13.8 Å². The van der Waals surface area contributed by atoms with Gasteiger partial charge in [-0.3, -0.25) is 0 Å². The molecule has 0 aliphatic carbocycles. The van der Waals surface area contributed by atoms with Gasteiger partial charge in [0, 0.05) is 11.6 Å². The summed E-state index contributed by atoms with van der Waals surface area (Å²) in [4.78, 5) is 12.3. The highest BCUT2D eigenvalue weighted by Crippen LogP contribution is 2.34. The van der Waals surface area contributed by atoms with Gasteiger partial charge in [-0.05, 0) is 50.2 Å². The summed E-state index contributed by atoms with van der Waals surface area (Å²) in [7, 11) is 0. The van der Waals surface area contributed by atoms with Gasteiger partial charge in [0.05, 0.1) is 11.8 Å². The Hall–Kier alpha value is -2.80. The third-order valence-electron chi connectivity index (χ3n) is 3.62. The van der Waals surface area contributed by atoms with Gasteiger partial charge in [-0.25, -0.2) is 22.6 Å². The van der Waals surface area contributed by atoms with Crippen molar-refractivity contribution in [3.63, 3.8) is 0 Å². The van der Waals surface area contributed by atoms with Crippen molar-refractivity contribution in [2.24, 2.45) is 0 Å². The van der Waals surface area contributed by atoms with Crippen LogP contribution in [0.4, 0.5) is 13.2 Å². The summed E-state index contributed by atoms with van der Waals surface area (Å²) in [5, 5.41) is 3.93. The predicted octanol–water partition coefficient (Wildman–Crippen LogP) is 5.18. The van der Waals surface area contributed by atoms with E-state index in [-0.39, 0.29) is 22.1 Å². The van der Waals surface area contributed by atoms with Crippen LogP contribution in [0, 0.1) is 17.5 Å². The van der Waals surface area contributed by atoms with Crippen LogP contribution >= 0.6 is 11.6 Å². The van der Waals surface area contributed by atoms with Crippen molar-refractivity contribution in [2.75, 3.05) is 0 Å². The molecule has 0 aliphatic heterocycles. The molecule has 3 rings (SSSR count). The van der Waals surface area contributed by atoms with Crippen molar-refractivity contribution in [1.82, 2.24) is 9.78 Å². The lowest BCUT2D eigenvalue weighted by molar-refractivity contribution is 0.0370. The number of hydrogen-bond donors (Lipinski definition) is 0. The van der Waals surface area contributed by atoms with Gasteiger partial charge in [0.25, 0.3) is 0 Å². The fourth-order valence-electron chi connectivity index (χ4n) is 2.48. The lowest BCUT2D eigenvalue weighted by Crippen LogP contribution is -2.13. The van der Waals surface area contributed by atoms with Crippen LogP contribution in [0.25, 0.3) is 16.9 Å². The number of aromatic nitrogens is 2. The van der Waals surface area contributed by atoms with E-state index in [4.69, 9.17) is 16.3 Å². The van der Waals surface area contributed by atoms with Crippen molar-refractivity contribution >= 4 is 17.6 Å². The smallest absolute Gasteiger partial charge is 0.360 e. The Morgan fingerprint density at radius 3 is 2.33 bits per heavy atom. The molecule has 140 valence electrons. The minimum atomic E-state index is -0.811. The van der Waals surface area contributed by atoms with Crippen LogP contribution in [-0.4, -0.2) is 21.9 Å². The molecule has 0 saturated heterocycles. The summed E-state index contributed by atoms with van der Waals surface area (Å²) < 4.78 is 47.4. The first-order valence-electron chi connectivity index (χ1n) is 7.98. The average Bonchev–Trinajstić information content (AvgIpc) is 2.94. The van der Waals surface area contributed by atoms with E-state index >= 15 is 0 Å². The molecule has 1 aromatic heterocycles. The minimum Gasteiger partial charge on any atom is -0.458 e. The number of carbonyl (C=O) groups is 1. The molecule has 0 fully saturated rings. The fraction of sp³-hybridized carbons (Fsp3) is 0.158. The standard InChI is InChI=1S/C19H14ClF3N2O2/c1-10(2)27-19(26)17-16(20)18(11-3-5-12(21)6-4-11)25(24-17)15-9-13(22)7-8-14(15)23/h3-10H,1-2H3. The van der Waals surface area contributed by atoms with E-state index in [2.05, 4.69) is 5.10 Å². The Balaban J connectivity index is 2.26. The molecule has 3 aromatic rings. The molecule has 0 aliphatic rings. The maximum atomic E-state index is 14.3. The Morgan fingerprint density at radius 1 is 1.07 bits per heavy atom. The van der Waals surface area contributed by atoms with E-state index in [1.165, 1.54) is 24.3 Å². The number of ether oxygens (including phenoxy) is 1. The normalized spacial score (nSPS) is 11.1. The highest BCUT2D eigenvalue weighted by atomic mass is 35.5. The molecule has 0 atom stereocenters. The van der Waals surface area contributed by atoms with Crippen molar-refractivity contribution in [2.45, 2.75) is 20.0 Å². The highest BCUT2D eigenvalue weighted by molar-refractivity contribution is 6.35. The maximum absolute atomic E-state index is 14.3. The quantitative estimate of drug-likeness (QED) is 0.573. The van der Waals surface area contributed by atoms with Crippen LogP contribution in [0.2, 0.25) is 5.02 Å². The summed E-state index contributed by atoms with van der Waals surface area (Å²) in [5.41, 5.74) is -0.0359. The number of nitrogens with zero attached hydrogens (tertiary/aromatic N) is 2. The summed E-state index contributed by atoms with van der Waals surface area (Å²) in [5.74, 6) is -2.77. The number of esters is 1. The van der Waals surface area contributed by atoms with E-state index in [0.717, 1.165) is 22.9 Å². The van der Waals surface area contributed by atoms with Gasteiger partial charge < -0.3 is 4.74 Å². The first-order valence-corrected chi connectivity index (χ1v) is 8.36. The Morgan fingerprint density at radius 2 is 1.70 bits per heavy atom. The second-order valence-electron chi connectivity index (χ2n) is 5.98. The van der Waals surface area contributed by atoms with Gasteiger partial charge in [-0.2, -0.15) is 5.10 Å². The van der Waals surface area contributed by atoms with E-state index in [1.807, 2.05) is 0 Å². The molecular weight excluding hydrogens is 381 g/mol. The summed E-state index contributed by atoms with van der Waals surface area (Å²) >= 11 is 6.33. The van der Waals surface area contributed by atoms with E-state index < -0.39 is 29.5 Å². The molecule has 0 N–H and O–H groups in total. The van der Waals surface area contributed by atoms with Crippen LogP contribution in [0.15, 0.2) is 42.5 Å². The van der Waals surface area contributed by atoms with Gasteiger partial charge in [-0.1, -0.05) is 11.6 Å². The Labute approximate surface area is 158 Å². The molecule has 2 aromatic carbocycles. The van der Waals surface area contributed by atoms with Gasteiger partial charge >= 0.3 is 5.97 Å². The van der Waals surface area contributed by atoms with Gasteiger partial charge in [0.1, 0.15) is 28.2 Å². The molecule has 0 unspecified atom stereocenters. The minimum absolute atomic E-state index is 0.108. The Kier molecular flexibility index (Phi) is 5.23. The largest absolute Gasteiger partial charge is 0.458 e. The third kappa shape index (κ3) is 3.83. The monoisotopic (exact) mass is 394 g/mol. The molecule has 0 saturated carbocycles. The van der Waals surface area contributed by atoms with Crippen molar-refractivity contribution < 1.29 is 22.7 Å². The van der Waals surface area contributed by atoms with Crippen molar-refractivity contribution in [3.8, 4) is 16.9 Å². The van der Waals surface area contributed by atoms with Crippen LogP contribution in [-0.2, 0) is 4.74 Å². The second-order valence-corrected chi connectivity index (χ2v) is 6.36. The zero-order valence-electron chi connectivity index (χ0n) is 14.3. The van der Waals surface area contributed by atoms with Gasteiger partial charge in [-0.15, -0.1) is 0 Å². The summed E-state index contributed by atoms with van der Waals surface area (Å²) in [6, 6.07) is 7.95. The molecular formula is C19H14ClF3N2O2. The molecule has 0 radical (unpaired) electrons. The lowest BCUT2D eigenvalue weighted by atomic mass is 10.1. The topological polar surface area (TPSA) is 44.1 Å². The number of halogens is 4. The Bertz CT molecular complexity index is 1000. The average molecular weight is 395 g/mol. The number of rotatable bonds is 4. The van der Waals surface area contributed by atoms with Crippen LogP contribution < -0.4 is 0 Å². The molecule has 4 nitrogen and oxygen atoms in total. The molecule has 0 spiro atoms. The lowest BCUT2D eigenvalue weighted by Gasteiger charge is -2.09. The van der Waals surface area contributed by atoms with Crippen LogP contribution in [0.1, 0.15) is 24.3 Å².